The van der Waals surface area contributed by atoms with E-state index in [1.54, 1.807) is 6.07 Å². The van der Waals surface area contributed by atoms with Crippen molar-refractivity contribution in [2.45, 2.75) is 36.8 Å². The van der Waals surface area contributed by atoms with Crippen LogP contribution in [0.3, 0.4) is 0 Å². The van der Waals surface area contributed by atoms with E-state index in [9.17, 15) is 4.79 Å². The lowest BCUT2D eigenvalue weighted by Crippen LogP contribution is -2.40. The minimum absolute atomic E-state index is 0.0871. The zero-order valence-corrected chi connectivity index (χ0v) is 18.5. The van der Waals surface area contributed by atoms with Crippen LogP contribution in [0.2, 0.25) is 5.02 Å². The van der Waals surface area contributed by atoms with E-state index in [1.807, 2.05) is 59.8 Å². The predicted octanol–water partition coefficient (Wildman–Crippen LogP) is 4.51. The highest BCUT2D eigenvalue weighted by molar-refractivity contribution is 8.00. The number of carbonyl (C=O) groups excluding carboxylic acids is 1. The number of amides is 1. The van der Waals surface area contributed by atoms with Crippen molar-refractivity contribution in [1.82, 2.24) is 14.8 Å². The van der Waals surface area contributed by atoms with Gasteiger partial charge in [-0.2, -0.15) is 0 Å². The van der Waals surface area contributed by atoms with Crippen LogP contribution in [0.4, 0.5) is 5.69 Å². The van der Waals surface area contributed by atoms with Gasteiger partial charge in [0.05, 0.1) is 10.3 Å². The average Bonchev–Trinajstić information content (AvgIpc) is 3.11. The van der Waals surface area contributed by atoms with Gasteiger partial charge in [-0.05, 0) is 43.5 Å². The summed E-state index contributed by atoms with van der Waals surface area (Å²) in [6.07, 6.45) is 1.99. The van der Waals surface area contributed by atoms with Crippen LogP contribution >= 0.6 is 23.4 Å². The fourth-order valence-corrected chi connectivity index (χ4v) is 4.55. The van der Waals surface area contributed by atoms with Crippen molar-refractivity contribution in [3.05, 3.63) is 64.9 Å². The smallest absolute Gasteiger partial charge is 0.240 e. The van der Waals surface area contributed by atoms with Crippen LogP contribution in [0, 0.1) is 0 Å². The van der Waals surface area contributed by atoms with Gasteiger partial charge in [0, 0.05) is 19.3 Å². The van der Waals surface area contributed by atoms with Crippen LogP contribution in [0.15, 0.2) is 53.7 Å². The van der Waals surface area contributed by atoms with E-state index in [2.05, 4.69) is 16.3 Å². The molecule has 0 saturated heterocycles. The third kappa shape index (κ3) is 4.32. The molecule has 1 atom stereocenters. The third-order valence-corrected chi connectivity index (χ3v) is 6.56. The second kappa shape index (κ2) is 9.10. The summed E-state index contributed by atoms with van der Waals surface area (Å²) in [7, 11) is 1.88. The Kier molecular flexibility index (Phi) is 6.29. The van der Waals surface area contributed by atoms with Crippen LogP contribution in [0.5, 0.6) is 5.75 Å². The SMILES string of the molecule is CC(Sc1nnc(COc2ccccc2Cl)n1C)C(=O)N1CCCc2ccccc21. The Morgan fingerprint density at radius 3 is 2.80 bits per heavy atom. The molecule has 1 amide bonds. The minimum Gasteiger partial charge on any atom is -0.484 e. The molecule has 8 heteroatoms. The second-order valence-electron chi connectivity index (χ2n) is 7.16. The minimum atomic E-state index is -0.281. The third-order valence-electron chi connectivity index (χ3n) is 5.12. The van der Waals surface area contributed by atoms with Crippen molar-refractivity contribution in [3.63, 3.8) is 0 Å². The first-order chi connectivity index (χ1) is 14.5. The maximum atomic E-state index is 13.1. The molecule has 3 aromatic rings. The van der Waals surface area contributed by atoms with Crippen LogP contribution in [-0.2, 0) is 24.9 Å². The molecule has 1 unspecified atom stereocenters. The molecule has 1 aliphatic rings. The largest absolute Gasteiger partial charge is 0.484 e. The van der Waals surface area contributed by atoms with Gasteiger partial charge in [-0.25, -0.2) is 0 Å². The van der Waals surface area contributed by atoms with E-state index >= 15 is 0 Å². The van der Waals surface area contributed by atoms with Crippen molar-refractivity contribution < 1.29 is 9.53 Å². The lowest BCUT2D eigenvalue weighted by Gasteiger charge is -2.31. The number of thioether (sulfide) groups is 1. The summed E-state index contributed by atoms with van der Waals surface area (Å²) < 4.78 is 7.62. The lowest BCUT2D eigenvalue weighted by atomic mass is 10.0. The molecule has 30 heavy (non-hydrogen) atoms. The molecular weight excluding hydrogens is 420 g/mol. The van der Waals surface area contributed by atoms with Crippen molar-refractivity contribution in [3.8, 4) is 5.75 Å². The number of carbonyl (C=O) groups is 1. The second-order valence-corrected chi connectivity index (χ2v) is 8.87. The first-order valence-corrected chi connectivity index (χ1v) is 11.1. The molecule has 4 rings (SSSR count). The molecule has 0 spiro atoms. The highest BCUT2D eigenvalue weighted by Gasteiger charge is 2.28. The summed E-state index contributed by atoms with van der Waals surface area (Å²) in [5.41, 5.74) is 2.25. The summed E-state index contributed by atoms with van der Waals surface area (Å²) in [4.78, 5) is 15.0. The van der Waals surface area contributed by atoms with E-state index in [1.165, 1.54) is 17.3 Å². The van der Waals surface area contributed by atoms with Crippen molar-refractivity contribution >= 4 is 35.0 Å². The summed E-state index contributed by atoms with van der Waals surface area (Å²) in [5.74, 6) is 1.35. The number of ether oxygens (including phenoxy) is 1. The molecule has 0 aliphatic carbocycles. The summed E-state index contributed by atoms with van der Waals surface area (Å²) in [6, 6.07) is 15.4. The van der Waals surface area contributed by atoms with E-state index < -0.39 is 0 Å². The summed E-state index contributed by atoms with van der Waals surface area (Å²) in [6.45, 7) is 2.91. The van der Waals surface area contributed by atoms with Gasteiger partial charge in [0.25, 0.3) is 0 Å². The number of nitrogens with zero attached hydrogens (tertiary/aromatic N) is 4. The van der Waals surface area contributed by atoms with Gasteiger partial charge in [0.1, 0.15) is 12.4 Å². The summed E-state index contributed by atoms with van der Waals surface area (Å²) >= 11 is 7.54. The van der Waals surface area contributed by atoms with E-state index in [-0.39, 0.29) is 17.8 Å². The van der Waals surface area contributed by atoms with Crippen LogP contribution in [0.1, 0.15) is 24.7 Å². The number of hydrogen-bond donors (Lipinski definition) is 0. The zero-order chi connectivity index (χ0) is 21.1. The molecule has 2 aromatic carbocycles. The van der Waals surface area contributed by atoms with Gasteiger partial charge >= 0.3 is 0 Å². The van der Waals surface area contributed by atoms with Crippen LogP contribution in [-0.4, -0.2) is 32.5 Å². The molecule has 156 valence electrons. The molecule has 0 fully saturated rings. The monoisotopic (exact) mass is 442 g/mol. The predicted molar refractivity (Wildman–Crippen MR) is 119 cm³/mol. The number of fused-ring (bicyclic) bond motifs is 1. The molecule has 0 bridgehead atoms. The van der Waals surface area contributed by atoms with Crippen molar-refractivity contribution in [2.75, 3.05) is 11.4 Å². The van der Waals surface area contributed by atoms with E-state index in [4.69, 9.17) is 16.3 Å². The highest BCUT2D eigenvalue weighted by atomic mass is 35.5. The number of halogens is 1. The van der Waals surface area contributed by atoms with Crippen LogP contribution in [0.25, 0.3) is 0 Å². The fourth-order valence-electron chi connectivity index (χ4n) is 3.47. The van der Waals surface area contributed by atoms with Gasteiger partial charge in [0.15, 0.2) is 11.0 Å². The van der Waals surface area contributed by atoms with Gasteiger partial charge in [-0.1, -0.05) is 53.7 Å². The topological polar surface area (TPSA) is 60.3 Å². The van der Waals surface area contributed by atoms with E-state index in [0.29, 0.717) is 21.8 Å². The Morgan fingerprint density at radius 1 is 1.20 bits per heavy atom. The van der Waals surface area contributed by atoms with Crippen molar-refractivity contribution in [2.24, 2.45) is 7.05 Å². The van der Waals surface area contributed by atoms with Gasteiger partial charge in [-0.15, -0.1) is 10.2 Å². The number of hydrogen-bond acceptors (Lipinski definition) is 5. The Labute approximate surface area is 185 Å². The summed E-state index contributed by atoms with van der Waals surface area (Å²) in [5, 5.41) is 9.42. The Morgan fingerprint density at radius 2 is 1.97 bits per heavy atom. The molecule has 1 aliphatic heterocycles. The van der Waals surface area contributed by atoms with Gasteiger partial charge in [0.2, 0.25) is 5.91 Å². The lowest BCUT2D eigenvalue weighted by molar-refractivity contribution is -0.117. The molecule has 0 N–H and O–H groups in total. The highest BCUT2D eigenvalue weighted by Crippen LogP contribution is 2.31. The fraction of sp³-hybridized carbons (Fsp3) is 0.318. The maximum absolute atomic E-state index is 13.1. The number of para-hydroxylation sites is 2. The first-order valence-electron chi connectivity index (χ1n) is 9.86. The number of rotatable bonds is 6. The molecule has 1 aromatic heterocycles. The molecular formula is C22H23ClN4O2S. The molecule has 2 heterocycles. The van der Waals surface area contributed by atoms with Gasteiger partial charge in [-0.3, -0.25) is 4.79 Å². The number of aromatic nitrogens is 3. The first kappa shape index (κ1) is 20.8. The van der Waals surface area contributed by atoms with Crippen LogP contribution < -0.4 is 9.64 Å². The average molecular weight is 443 g/mol. The maximum Gasteiger partial charge on any atom is 0.240 e. The number of anilines is 1. The van der Waals surface area contributed by atoms with Crippen molar-refractivity contribution in [1.29, 1.82) is 0 Å². The molecule has 6 nitrogen and oxygen atoms in total. The quantitative estimate of drug-likeness (QED) is 0.526. The molecule has 0 radical (unpaired) electrons. The Bertz CT molecular complexity index is 1060. The van der Waals surface area contributed by atoms with Gasteiger partial charge < -0.3 is 14.2 Å². The standard InChI is InChI=1S/C22H23ClN4O2S/c1-15(21(28)27-13-7-9-16-8-3-5-11-18(16)27)30-22-25-24-20(26(22)2)14-29-19-12-6-4-10-17(19)23/h3-6,8,10-12,15H,7,9,13-14H2,1-2H3. The number of benzene rings is 2. The number of aryl methyl sites for hydroxylation is 1. The Balaban J connectivity index is 1.42. The zero-order valence-electron chi connectivity index (χ0n) is 16.9. The van der Waals surface area contributed by atoms with E-state index in [0.717, 1.165) is 25.1 Å². The molecule has 0 saturated carbocycles. The normalized spacial score (nSPS) is 14.3. The Hall–Kier alpha value is -2.51.